The molecule has 0 aromatic heterocycles. The van der Waals surface area contributed by atoms with Gasteiger partial charge in [-0.2, -0.15) is 0 Å². The van der Waals surface area contributed by atoms with E-state index in [-0.39, 0.29) is 11.9 Å². The molecule has 0 heterocycles. The molecular formula is C10H12O2S. The predicted molar refractivity (Wildman–Crippen MR) is 54.8 cm³/mol. The molecule has 70 valence electrons. The maximum atomic E-state index is 11.6. The van der Waals surface area contributed by atoms with E-state index >= 15 is 0 Å². The maximum Gasteiger partial charge on any atom is 0.192 e. The van der Waals surface area contributed by atoms with E-state index in [0.29, 0.717) is 5.56 Å². The lowest BCUT2D eigenvalue weighted by Crippen LogP contribution is -2.17. The third kappa shape index (κ3) is 2.86. The van der Waals surface area contributed by atoms with E-state index in [1.807, 2.05) is 18.2 Å². The second-order valence-electron chi connectivity index (χ2n) is 2.64. The maximum absolute atomic E-state index is 11.6. The second kappa shape index (κ2) is 5.04. The van der Waals surface area contributed by atoms with Crippen LogP contribution in [0.25, 0.3) is 0 Å². The molecular weight excluding hydrogens is 184 g/mol. The zero-order valence-corrected chi connectivity index (χ0v) is 8.51. The van der Waals surface area contributed by atoms with Gasteiger partial charge >= 0.3 is 0 Å². The van der Waals surface area contributed by atoms with Crippen LogP contribution in [0.1, 0.15) is 17.3 Å². The van der Waals surface area contributed by atoms with Crippen LogP contribution in [0.3, 0.4) is 0 Å². The van der Waals surface area contributed by atoms with Crippen LogP contribution in [0.15, 0.2) is 30.3 Å². The van der Waals surface area contributed by atoms with Crippen molar-refractivity contribution < 1.29 is 8.98 Å². The van der Waals surface area contributed by atoms with Gasteiger partial charge in [-0.05, 0) is 19.0 Å². The molecule has 13 heavy (non-hydrogen) atoms. The molecule has 0 saturated heterocycles. The summed E-state index contributed by atoms with van der Waals surface area (Å²) in [6.07, 6.45) is 1.42. The van der Waals surface area contributed by atoms with Crippen LogP contribution in [0, 0.1) is 0 Å². The number of hydrogen-bond acceptors (Lipinski definition) is 3. The highest BCUT2D eigenvalue weighted by atomic mass is 32.2. The molecule has 0 N–H and O–H groups in total. The molecule has 0 bridgehead atoms. The van der Waals surface area contributed by atoms with E-state index in [0.717, 1.165) is 0 Å². The molecule has 0 spiro atoms. The Morgan fingerprint density at radius 3 is 2.54 bits per heavy atom. The zero-order valence-electron chi connectivity index (χ0n) is 7.69. The van der Waals surface area contributed by atoms with E-state index in [9.17, 15) is 4.79 Å². The Bertz CT molecular complexity index is 272. The molecule has 0 radical (unpaired) electrons. The molecule has 0 amide bonds. The second-order valence-corrected chi connectivity index (χ2v) is 3.16. The van der Waals surface area contributed by atoms with Crippen molar-refractivity contribution in [3.8, 4) is 0 Å². The van der Waals surface area contributed by atoms with Gasteiger partial charge in [0.1, 0.15) is 6.10 Å². The first-order valence-electron chi connectivity index (χ1n) is 4.04. The number of rotatable bonds is 4. The van der Waals surface area contributed by atoms with E-state index in [2.05, 4.69) is 0 Å². The average Bonchev–Trinajstić information content (AvgIpc) is 2.18. The van der Waals surface area contributed by atoms with E-state index in [1.54, 1.807) is 25.3 Å². The van der Waals surface area contributed by atoms with Crippen molar-refractivity contribution in [2.45, 2.75) is 13.0 Å². The normalized spacial score (nSPS) is 12.5. The van der Waals surface area contributed by atoms with E-state index in [1.165, 1.54) is 12.0 Å². The zero-order chi connectivity index (χ0) is 9.68. The fourth-order valence-corrected chi connectivity index (χ4v) is 1.40. The summed E-state index contributed by atoms with van der Waals surface area (Å²) in [5.41, 5.74) is 0.698. The van der Waals surface area contributed by atoms with Gasteiger partial charge in [0.25, 0.3) is 0 Å². The minimum atomic E-state index is -0.377. The van der Waals surface area contributed by atoms with Gasteiger partial charge in [-0.3, -0.25) is 4.79 Å². The smallest absolute Gasteiger partial charge is 0.192 e. The molecule has 1 aromatic carbocycles. The van der Waals surface area contributed by atoms with Crippen LogP contribution >= 0.6 is 12.0 Å². The molecule has 2 nitrogen and oxygen atoms in total. The minimum Gasteiger partial charge on any atom is -0.304 e. The lowest BCUT2D eigenvalue weighted by Gasteiger charge is -2.08. The summed E-state index contributed by atoms with van der Waals surface area (Å²) < 4.78 is 5.13. The van der Waals surface area contributed by atoms with Crippen LogP contribution < -0.4 is 0 Å². The average molecular weight is 196 g/mol. The lowest BCUT2D eigenvalue weighted by atomic mass is 10.1. The Morgan fingerprint density at radius 2 is 2.00 bits per heavy atom. The standard InChI is InChI=1S/C10H12O2S/c1-8(12-13-2)10(11)9-6-4-3-5-7-9/h3-8H,1-2H3. The summed E-state index contributed by atoms with van der Waals surface area (Å²) >= 11 is 1.21. The molecule has 1 aromatic rings. The van der Waals surface area contributed by atoms with Gasteiger partial charge in [0.15, 0.2) is 5.78 Å². The largest absolute Gasteiger partial charge is 0.304 e. The number of benzene rings is 1. The fraction of sp³-hybridized carbons (Fsp3) is 0.300. The molecule has 1 atom stereocenters. The first-order valence-corrected chi connectivity index (χ1v) is 5.19. The summed E-state index contributed by atoms with van der Waals surface area (Å²) in [7, 11) is 0. The highest BCUT2D eigenvalue weighted by Gasteiger charge is 2.14. The Hall–Kier alpha value is -0.800. The van der Waals surface area contributed by atoms with Gasteiger partial charge in [-0.1, -0.05) is 30.3 Å². The highest BCUT2D eigenvalue weighted by molar-refractivity contribution is 7.93. The van der Waals surface area contributed by atoms with Gasteiger partial charge < -0.3 is 4.18 Å². The van der Waals surface area contributed by atoms with Gasteiger partial charge in [0, 0.05) is 11.8 Å². The van der Waals surface area contributed by atoms with Gasteiger partial charge in [0.05, 0.1) is 0 Å². The molecule has 3 heteroatoms. The monoisotopic (exact) mass is 196 g/mol. The van der Waals surface area contributed by atoms with Gasteiger partial charge in [0.2, 0.25) is 0 Å². The Morgan fingerprint density at radius 1 is 1.38 bits per heavy atom. The van der Waals surface area contributed by atoms with Crippen LogP contribution in [0.2, 0.25) is 0 Å². The van der Waals surface area contributed by atoms with Crippen LogP contribution in [0.5, 0.6) is 0 Å². The van der Waals surface area contributed by atoms with Crippen LogP contribution in [0.4, 0.5) is 0 Å². The van der Waals surface area contributed by atoms with Crippen LogP contribution in [-0.2, 0) is 4.18 Å². The lowest BCUT2D eigenvalue weighted by molar-refractivity contribution is 0.0847. The van der Waals surface area contributed by atoms with E-state index < -0.39 is 0 Å². The highest BCUT2D eigenvalue weighted by Crippen LogP contribution is 2.09. The Balaban J connectivity index is 2.68. The molecule has 0 saturated carbocycles. The summed E-state index contributed by atoms with van der Waals surface area (Å²) in [6.45, 7) is 1.76. The van der Waals surface area contributed by atoms with Crippen molar-refractivity contribution in [3.63, 3.8) is 0 Å². The van der Waals surface area contributed by atoms with Crippen molar-refractivity contribution >= 4 is 17.8 Å². The third-order valence-electron chi connectivity index (χ3n) is 1.67. The summed E-state index contributed by atoms with van der Waals surface area (Å²) in [6, 6.07) is 9.17. The third-order valence-corrected chi connectivity index (χ3v) is 2.15. The number of hydrogen-bond donors (Lipinski definition) is 0. The summed E-state index contributed by atoms with van der Waals surface area (Å²) in [5.74, 6) is 0.0231. The number of carbonyl (C=O) groups is 1. The SMILES string of the molecule is CSOC(C)C(=O)c1ccccc1. The number of ketones is 1. The molecule has 0 aliphatic carbocycles. The van der Waals surface area contributed by atoms with Crippen molar-refractivity contribution in [1.29, 1.82) is 0 Å². The number of Topliss-reactive ketones (excluding diaryl/α,β-unsaturated/α-hetero) is 1. The van der Waals surface area contributed by atoms with Gasteiger partial charge in [-0.15, -0.1) is 0 Å². The van der Waals surface area contributed by atoms with Crippen molar-refractivity contribution in [2.75, 3.05) is 6.26 Å². The molecule has 1 unspecified atom stereocenters. The first-order chi connectivity index (χ1) is 6.25. The van der Waals surface area contributed by atoms with Crippen LogP contribution in [-0.4, -0.2) is 18.1 Å². The van der Waals surface area contributed by atoms with Crippen molar-refractivity contribution in [3.05, 3.63) is 35.9 Å². The fourth-order valence-electron chi connectivity index (χ4n) is 1.03. The molecule has 1 rings (SSSR count). The quantitative estimate of drug-likeness (QED) is 0.547. The minimum absolute atomic E-state index is 0.0231. The van der Waals surface area contributed by atoms with E-state index in [4.69, 9.17) is 4.18 Å². The number of carbonyl (C=O) groups excluding carboxylic acids is 1. The molecule has 0 fully saturated rings. The first kappa shape index (κ1) is 10.3. The van der Waals surface area contributed by atoms with Gasteiger partial charge in [-0.25, -0.2) is 0 Å². The van der Waals surface area contributed by atoms with Crippen molar-refractivity contribution in [1.82, 2.24) is 0 Å². The molecule has 0 aliphatic heterocycles. The topological polar surface area (TPSA) is 26.3 Å². The summed E-state index contributed by atoms with van der Waals surface area (Å²) in [4.78, 5) is 11.6. The Labute approximate surface area is 82.5 Å². The van der Waals surface area contributed by atoms with Crippen molar-refractivity contribution in [2.24, 2.45) is 0 Å². The summed E-state index contributed by atoms with van der Waals surface area (Å²) in [5, 5.41) is 0. The molecule has 0 aliphatic rings. The predicted octanol–water partition coefficient (Wildman–Crippen LogP) is 2.55. The Kier molecular flexibility index (Phi) is 3.99.